The van der Waals surface area contributed by atoms with Crippen molar-refractivity contribution < 1.29 is 13.9 Å². The van der Waals surface area contributed by atoms with E-state index in [4.69, 9.17) is 4.74 Å². The van der Waals surface area contributed by atoms with Crippen molar-refractivity contribution in [3.63, 3.8) is 0 Å². The molecule has 0 bridgehead atoms. The van der Waals surface area contributed by atoms with Gasteiger partial charge in [0, 0.05) is 18.3 Å². The summed E-state index contributed by atoms with van der Waals surface area (Å²) in [6.07, 6.45) is 3.68. The van der Waals surface area contributed by atoms with Crippen LogP contribution in [-0.2, 0) is 16.1 Å². The lowest BCUT2D eigenvalue weighted by molar-refractivity contribution is -0.139. The molecule has 0 radical (unpaired) electrons. The van der Waals surface area contributed by atoms with Gasteiger partial charge in [-0.1, -0.05) is 23.5 Å². The van der Waals surface area contributed by atoms with Gasteiger partial charge in [-0.25, -0.2) is 14.2 Å². The van der Waals surface area contributed by atoms with Crippen LogP contribution in [0.4, 0.5) is 4.39 Å². The molecule has 1 aromatic carbocycles. The predicted molar refractivity (Wildman–Crippen MR) is 119 cm³/mol. The van der Waals surface area contributed by atoms with Crippen molar-refractivity contribution in [2.24, 2.45) is 4.99 Å². The molecule has 0 spiro atoms. The Labute approximate surface area is 187 Å². The van der Waals surface area contributed by atoms with Gasteiger partial charge < -0.3 is 4.74 Å². The minimum absolute atomic E-state index is 0.191. The molecule has 9 heteroatoms. The van der Waals surface area contributed by atoms with E-state index in [9.17, 15) is 14.0 Å². The molecule has 1 atom stereocenters. The van der Waals surface area contributed by atoms with E-state index in [0.29, 0.717) is 20.6 Å². The standard InChI is InChI=1S/C23H23FN4O3S/c1-5-27-12-16(13(3)26-27)11-18-21(29)28-20(15-7-9-17(24)10-8-15)19(22(30)31-6-2)14(4)25-23(28)32-18/h7-12,20H,5-6H2,1-4H3/b18-11+/t20-/m1/s1. The van der Waals surface area contributed by atoms with Crippen LogP contribution in [0.3, 0.4) is 0 Å². The van der Waals surface area contributed by atoms with E-state index in [0.717, 1.165) is 17.8 Å². The van der Waals surface area contributed by atoms with Gasteiger partial charge in [-0.15, -0.1) is 0 Å². The summed E-state index contributed by atoms with van der Waals surface area (Å²) in [5.74, 6) is -0.944. The third-order valence-corrected chi connectivity index (χ3v) is 6.28. The first-order valence-corrected chi connectivity index (χ1v) is 11.1. The van der Waals surface area contributed by atoms with E-state index < -0.39 is 17.8 Å². The van der Waals surface area contributed by atoms with E-state index in [1.807, 2.05) is 24.7 Å². The van der Waals surface area contributed by atoms with Crippen molar-refractivity contribution in [1.82, 2.24) is 14.3 Å². The Hall–Kier alpha value is -3.33. The van der Waals surface area contributed by atoms with E-state index in [1.165, 1.54) is 28.0 Å². The number of rotatable bonds is 5. The van der Waals surface area contributed by atoms with Crippen LogP contribution in [0.25, 0.3) is 6.08 Å². The molecular formula is C23H23FN4O3S. The first kappa shape index (κ1) is 21.9. The van der Waals surface area contributed by atoms with Crippen LogP contribution in [0, 0.1) is 12.7 Å². The third-order valence-electron chi connectivity index (χ3n) is 5.30. The fourth-order valence-electron chi connectivity index (χ4n) is 3.73. The quantitative estimate of drug-likeness (QED) is 0.555. The molecule has 32 heavy (non-hydrogen) atoms. The topological polar surface area (TPSA) is 78.5 Å². The summed E-state index contributed by atoms with van der Waals surface area (Å²) in [6, 6.07) is 5.01. The highest BCUT2D eigenvalue weighted by atomic mass is 32.1. The van der Waals surface area contributed by atoms with Gasteiger partial charge in [0.25, 0.3) is 5.56 Å². The Morgan fingerprint density at radius 3 is 2.59 bits per heavy atom. The smallest absolute Gasteiger partial charge is 0.338 e. The van der Waals surface area contributed by atoms with Gasteiger partial charge in [0.15, 0.2) is 4.80 Å². The molecular weight excluding hydrogens is 431 g/mol. The number of esters is 1. The number of ether oxygens (including phenoxy) is 1. The van der Waals surface area contributed by atoms with Crippen molar-refractivity contribution >= 4 is 23.4 Å². The fourth-order valence-corrected chi connectivity index (χ4v) is 4.77. The molecule has 0 fully saturated rings. The summed E-state index contributed by atoms with van der Waals surface area (Å²) in [5, 5.41) is 4.43. The van der Waals surface area contributed by atoms with Gasteiger partial charge in [0.05, 0.1) is 34.1 Å². The number of aryl methyl sites for hydroxylation is 2. The number of aromatic nitrogens is 3. The number of fused-ring (bicyclic) bond motifs is 1. The van der Waals surface area contributed by atoms with Gasteiger partial charge in [0.2, 0.25) is 0 Å². The fraction of sp³-hybridized carbons (Fsp3) is 0.304. The van der Waals surface area contributed by atoms with Crippen LogP contribution < -0.4 is 14.9 Å². The van der Waals surface area contributed by atoms with Crippen LogP contribution >= 0.6 is 11.3 Å². The molecule has 3 aromatic rings. The number of allylic oxidation sites excluding steroid dienone is 1. The Morgan fingerprint density at radius 2 is 1.97 bits per heavy atom. The second-order valence-corrected chi connectivity index (χ2v) is 8.39. The maximum Gasteiger partial charge on any atom is 0.338 e. The first-order chi connectivity index (χ1) is 15.3. The molecule has 3 heterocycles. The number of hydrogen-bond acceptors (Lipinski definition) is 6. The van der Waals surface area contributed by atoms with E-state index >= 15 is 0 Å². The summed E-state index contributed by atoms with van der Waals surface area (Å²) in [6.45, 7) is 8.23. The van der Waals surface area contributed by atoms with Crippen LogP contribution in [0.2, 0.25) is 0 Å². The van der Waals surface area contributed by atoms with Crippen LogP contribution in [0.1, 0.15) is 43.6 Å². The zero-order valence-electron chi connectivity index (χ0n) is 18.3. The third kappa shape index (κ3) is 3.84. The van der Waals surface area contributed by atoms with Gasteiger partial charge >= 0.3 is 5.97 Å². The molecule has 1 aliphatic rings. The summed E-state index contributed by atoms with van der Waals surface area (Å²) in [5.41, 5.74) is 2.73. The number of carbonyl (C=O) groups excluding carboxylic acids is 1. The number of benzene rings is 1. The van der Waals surface area contributed by atoms with Crippen LogP contribution in [-0.4, -0.2) is 26.9 Å². The largest absolute Gasteiger partial charge is 0.463 e. The van der Waals surface area contributed by atoms with Gasteiger partial charge in [-0.3, -0.25) is 14.0 Å². The average Bonchev–Trinajstić information content (AvgIpc) is 3.27. The molecule has 0 amide bonds. The van der Waals surface area contributed by atoms with Gasteiger partial charge in [0.1, 0.15) is 5.82 Å². The molecule has 0 saturated heterocycles. The Bertz CT molecular complexity index is 1400. The monoisotopic (exact) mass is 454 g/mol. The molecule has 0 unspecified atom stereocenters. The first-order valence-electron chi connectivity index (χ1n) is 10.3. The summed E-state index contributed by atoms with van der Waals surface area (Å²) >= 11 is 1.25. The molecule has 4 rings (SSSR count). The molecule has 2 aromatic heterocycles. The summed E-state index contributed by atoms with van der Waals surface area (Å²) < 4.78 is 22.6. The van der Waals surface area contributed by atoms with E-state index in [-0.39, 0.29) is 17.7 Å². The van der Waals surface area contributed by atoms with E-state index in [2.05, 4.69) is 10.1 Å². The highest BCUT2D eigenvalue weighted by Gasteiger charge is 2.33. The minimum Gasteiger partial charge on any atom is -0.463 e. The second kappa shape index (κ2) is 8.66. The Kier molecular flexibility index (Phi) is 5.92. The molecule has 0 N–H and O–H groups in total. The van der Waals surface area contributed by atoms with Gasteiger partial charge in [-0.2, -0.15) is 5.10 Å². The average molecular weight is 455 g/mol. The molecule has 0 saturated carbocycles. The lowest BCUT2D eigenvalue weighted by atomic mass is 9.96. The van der Waals surface area contributed by atoms with E-state index in [1.54, 1.807) is 32.1 Å². The number of carbonyl (C=O) groups is 1. The van der Waals surface area contributed by atoms with Crippen molar-refractivity contribution in [2.75, 3.05) is 6.61 Å². The van der Waals surface area contributed by atoms with Gasteiger partial charge in [-0.05, 0) is 51.5 Å². The van der Waals surface area contributed by atoms with Crippen LogP contribution in [0.15, 0.2) is 51.5 Å². The highest BCUT2D eigenvalue weighted by Crippen LogP contribution is 2.30. The maximum absolute atomic E-state index is 13.6. The van der Waals surface area contributed by atoms with Crippen molar-refractivity contribution in [1.29, 1.82) is 0 Å². The van der Waals surface area contributed by atoms with Crippen LogP contribution in [0.5, 0.6) is 0 Å². The minimum atomic E-state index is -0.757. The Morgan fingerprint density at radius 1 is 1.25 bits per heavy atom. The van der Waals surface area contributed by atoms with Crippen molar-refractivity contribution in [2.45, 2.75) is 40.3 Å². The van der Waals surface area contributed by atoms with Crippen molar-refractivity contribution in [3.05, 3.63) is 84.1 Å². The lowest BCUT2D eigenvalue weighted by Crippen LogP contribution is -2.39. The normalized spacial score (nSPS) is 16.2. The summed E-state index contributed by atoms with van der Waals surface area (Å²) in [7, 11) is 0. The number of hydrogen-bond donors (Lipinski definition) is 0. The molecule has 7 nitrogen and oxygen atoms in total. The number of nitrogens with zero attached hydrogens (tertiary/aromatic N) is 4. The summed E-state index contributed by atoms with van der Waals surface area (Å²) in [4.78, 5) is 31.3. The molecule has 0 aliphatic carbocycles. The van der Waals surface area contributed by atoms with Crippen molar-refractivity contribution in [3.8, 4) is 0 Å². The Balaban J connectivity index is 1.95. The SMILES string of the molecule is CCOC(=O)C1=C(C)N=c2s/c(=C/c3cn(CC)nc3C)c(=O)n2[C@@H]1c1ccc(F)cc1. The molecule has 1 aliphatic heterocycles. The second-order valence-electron chi connectivity index (χ2n) is 7.38. The zero-order chi connectivity index (χ0) is 23.0. The lowest BCUT2D eigenvalue weighted by Gasteiger charge is -2.24. The molecule has 166 valence electrons. The highest BCUT2D eigenvalue weighted by molar-refractivity contribution is 7.07. The number of thiazole rings is 1. The number of halogens is 1. The zero-order valence-corrected chi connectivity index (χ0v) is 19.1. The maximum atomic E-state index is 13.6. The predicted octanol–water partition coefficient (Wildman–Crippen LogP) is 2.46.